The van der Waals surface area contributed by atoms with Crippen LogP contribution in [-0.4, -0.2) is 56.9 Å². The van der Waals surface area contributed by atoms with Gasteiger partial charge in [0, 0.05) is 31.9 Å². The lowest BCUT2D eigenvalue weighted by atomic mass is 10.3. The van der Waals surface area contributed by atoms with Crippen LogP contribution in [0, 0.1) is 0 Å². The molecular weight excluding hydrogens is 312 g/mol. The van der Waals surface area contributed by atoms with Crippen LogP contribution in [0.15, 0.2) is 23.1 Å². The molecular formula is C16H30N4O2S. The van der Waals surface area contributed by atoms with Crippen molar-refractivity contribution in [3.8, 4) is 0 Å². The summed E-state index contributed by atoms with van der Waals surface area (Å²) in [4.78, 5) is 2.46. The van der Waals surface area contributed by atoms with E-state index in [2.05, 4.69) is 24.1 Å². The number of rotatable bonds is 10. The lowest BCUT2D eigenvalue weighted by Gasteiger charge is -2.26. The van der Waals surface area contributed by atoms with E-state index in [1.165, 1.54) is 10.4 Å². The Balaban J connectivity index is 3.09. The minimum atomic E-state index is -3.57. The molecule has 0 aliphatic carbocycles. The zero-order chi connectivity index (χ0) is 17.5. The monoisotopic (exact) mass is 342 g/mol. The molecule has 0 fully saturated rings. The first kappa shape index (κ1) is 19.7. The van der Waals surface area contributed by atoms with Crippen molar-refractivity contribution in [3.05, 3.63) is 18.2 Å². The van der Waals surface area contributed by atoms with E-state index in [0.717, 1.165) is 19.6 Å². The van der Waals surface area contributed by atoms with Crippen molar-refractivity contribution < 1.29 is 8.42 Å². The molecule has 0 aromatic heterocycles. The van der Waals surface area contributed by atoms with Crippen LogP contribution in [0.4, 0.5) is 11.4 Å². The summed E-state index contributed by atoms with van der Waals surface area (Å²) >= 11 is 0. The van der Waals surface area contributed by atoms with Crippen LogP contribution in [-0.2, 0) is 10.0 Å². The number of benzene rings is 1. The molecule has 0 heterocycles. The molecule has 0 atom stereocenters. The van der Waals surface area contributed by atoms with Crippen LogP contribution >= 0.6 is 0 Å². The molecule has 0 radical (unpaired) electrons. The normalized spacial score (nSPS) is 12.1. The van der Waals surface area contributed by atoms with Crippen molar-refractivity contribution in [2.75, 3.05) is 50.3 Å². The Morgan fingerprint density at radius 3 is 2.22 bits per heavy atom. The van der Waals surface area contributed by atoms with Gasteiger partial charge in [-0.3, -0.25) is 0 Å². The average Bonchev–Trinajstić information content (AvgIpc) is 2.53. The summed E-state index contributed by atoms with van der Waals surface area (Å²) in [5.74, 6) is 0. The second-order valence-electron chi connectivity index (χ2n) is 5.31. The molecule has 0 bridgehead atoms. The fourth-order valence-electron chi connectivity index (χ4n) is 2.47. The number of sulfonamides is 1. The van der Waals surface area contributed by atoms with E-state index >= 15 is 0 Å². The van der Waals surface area contributed by atoms with E-state index in [1.54, 1.807) is 12.1 Å². The van der Waals surface area contributed by atoms with E-state index in [0.29, 0.717) is 31.0 Å². The van der Waals surface area contributed by atoms with Gasteiger partial charge in [-0.05, 0) is 38.2 Å². The molecule has 132 valence electrons. The predicted octanol–water partition coefficient (Wildman–Crippen LogP) is 2.05. The Kier molecular flexibility index (Phi) is 7.81. The van der Waals surface area contributed by atoms with Crippen LogP contribution in [0.25, 0.3) is 0 Å². The number of hydrogen-bond acceptors (Lipinski definition) is 5. The molecule has 0 aliphatic rings. The molecule has 1 aromatic carbocycles. The van der Waals surface area contributed by atoms with E-state index in [-0.39, 0.29) is 4.90 Å². The van der Waals surface area contributed by atoms with Crippen molar-refractivity contribution in [1.29, 1.82) is 0 Å². The predicted molar refractivity (Wildman–Crippen MR) is 97.2 cm³/mol. The highest BCUT2D eigenvalue weighted by atomic mass is 32.2. The molecule has 0 unspecified atom stereocenters. The molecule has 3 N–H and O–H groups in total. The molecule has 23 heavy (non-hydrogen) atoms. The number of nitrogens with zero attached hydrogens (tertiary/aromatic N) is 2. The molecule has 0 saturated carbocycles. The summed E-state index contributed by atoms with van der Waals surface area (Å²) in [6.45, 7) is 12.1. The summed E-state index contributed by atoms with van der Waals surface area (Å²) in [5, 5.41) is 3.10. The standard InChI is InChI=1S/C16H30N4O2S/c1-5-18-15-10-9-14(17)13-16(15)23(21,22)20(8-4)12-11-19(6-2)7-3/h9-10,13,18H,5-8,11-12,17H2,1-4H3. The molecule has 0 saturated heterocycles. The van der Waals surface area contributed by atoms with Crippen LogP contribution in [0.2, 0.25) is 0 Å². The van der Waals surface area contributed by atoms with Gasteiger partial charge < -0.3 is 16.0 Å². The smallest absolute Gasteiger partial charge is 0.245 e. The van der Waals surface area contributed by atoms with Gasteiger partial charge in [0.1, 0.15) is 4.90 Å². The third-order valence-electron chi connectivity index (χ3n) is 3.90. The number of anilines is 2. The second-order valence-corrected chi connectivity index (χ2v) is 7.22. The van der Waals surface area contributed by atoms with Gasteiger partial charge in [0.25, 0.3) is 0 Å². The molecule has 1 rings (SSSR count). The van der Waals surface area contributed by atoms with E-state index < -0.39 is 10.0 Å². The number of nitrogen functional groups attached to an aromatic ring is 1. The Morgan fingerprint density at radius 2 is 1.70 bits per heavy atom. The number of likely N-dealkylation sites (N-methyl/N-ethyl adjacent to an activating group) is 2. The van der Waals surface area contributed by atoms with E-state index in [4.69, 9.17) is 5.73 Å². The third-order valence-corrected chi connectivity index (χ3v) is 5.92. The van der Waals surface area contributed by atoms with Crippen molar-refractivity contribution >= 4 is 21.4 Å². The molecule has 6 nitrogen and oxygen atoms in total. The summed E-state index contributed by atoms with van der Waals surface area (Å²) in [5.41, 5.74) is 6.86. The van der Waals surface area contributed by atoms with Gasteiger partial charge in [0.15, 0.2) is 0 Å². The molecule has 0 spiro atoms. The fourth-order valence-corrected chi connectivity index (χ4v) is 4.11. The highest BCUT2D eigenvalue weighted by molar-refractivity contribution is 7.89. The maximum atomic E-state index is 13.0. The van der Waals surface area contributed by atoms with Crippen LogP contribution in [0.1, 0.15) is 27.7 Å². The maximum absolute atomic E-state index is 13.0. The largest absolute Gasteiger partial charge is 0.399 e. The van der Waals surface area contributed by atoms with Crippen LogP contribution in [0.5, 0.6) is 0 Å². The Hall–Kier alpha value is -1.31. The Bertz CT molecular complexity index is 586. The summed E-state index contributed by atoms with van der Waals surface area (Å²) in [7, 11) is -3.57. The van der Waals surface area contributed by atoms with Crippen LogP contribution < -0.4 is 11.1 Å². The van der Waals surface area contributed by atoms with Crippen molar-refractivity contribution in [2.45, 2.75) is 32.6 Å². The maximum Gasteiger partial charge on any atom is 0.245 e. The summed E-state index contributed by atoms with van der Waals surface area (Å²) in [6, 6.07) is 4.97. The van der Waals surface area contributed by atoms with Crippen molar-refractivity contribution in [2.24, 2.45) is 0 Å². The quantitative estimate of drug-likeness (QED) is 0.636. The Morgan fingerprint density at radius 1 is 1.04 bits per heavy atom. The number of hydrogen-bond donors (Lipinski definition) is 2. The first-order valence-corrected chi connectivity index (χ1v) is 9.70. The zero-order valence-electron chi connectivity index (χ0n) is 14.7. The molecule has 0 amide bonds. The van der Waals surface area contributed by atoms with Crippen LogP contribution in [0.3, 0.4) is 0 Å². The lowest BCUT2D eigenvalue weighted by molar-refractivity contribution is 0.274. The van der Waals surface area contributed by atoms with E-state index in [1.807, 2.05) is 13.8 Å². The highest BCUT2D eigenvalue weighted by Crippen LogP contribution is 2.27. The fraction of sp³-hybridized carbons (Fsp3) is 0.625. The first-order valence-electron chi connectivity index (χ1n) is 8.26. The summed E-state index contributed by atoms with van der Waals surface area (Å²) in [6.07, 6.45) is 0. The lowest BCUT2D eigenvalue weighted by Crippen LogP contribution is -2.38. The number of nitrogens with two attached hydrogens (primary N) is 1. The average molecular weight is 343 g/mol. The van der Waals surface area contributed by atoms with Gasteiger partial charge in [0.05, 0.1) is 5.69 Å². The summed E-state index contributed by atoms with van der Waals surface area (Å²) < 4.78 is 27.5. The second kappa shape index (κ2) is 9.10. The van der Waals surface area contributed by atoms with Gasteiger partial charge in [-0.2, -0.15) is 4.31 Å². The highest BCUT2D eigenvalue weighted by Gasteiger charge is 2.26. The van der Waals surface area contributed by atoms with Gasteiger partial charge in [-0.1, -0.05) is 20.8 Å². The van der Waals surface area contributed by atoms with Gasteiger partial charge in [0.2, 0.25) is 10.0 Å². The first-order chi connectivity index (χ1) is 10.9. The molecule has 0 aliphatic heterocycles. The van der Waals surface area contributed by atoms with Crippen molar-refractivity contribution in [3.63, 3.8) is 0 Å². The van der Waals surface area contributed by atoms with Gasteiger partial charge >= 0.3 is 0 Å². The van der Waals surface area contributed by atoms with Gasteiger partial charge in [-0.15, -0.1) is 0 Å². The SMILES string of the molecule is CCNc1ccc(N)cc1S(=O)(=O)N(CC)CCN(CC)CC. The third kappa shape index (κ3) is 5.09. The topological polar surface area (TPSA) is 78.7 Å². The zero-order valence-corrected chi connectivity index (χ0v) is 15.5. The molecule has 1 aromatic rings. The van der Waals surface area contributed by atoms with E-state index in [9.17, 15) is 8.42 Å². The minimum absolute atomic E-state index is 0.251. The Labute approximate surface area is 140 Å². The number of nitrogens with one attached hydrogen (secondary N) is 1. The molecule has 7 heteroatoms. The minimum Gasteiger partial charge on any atom is -0.399 e. The van der Waals surface area contributed by atoms with Crippen molar-refractivity contribution in [1.82, 2.24) is 9.21 Å². The van der Waals surface area contributed by atoms with Gasteiger partial charge in [-0.25, -0.2) is 8.42 Å².